The van der Waals surface area contributed by atoms with Gasteiger partial charge in [-0.05, 0) is 37.6 Å². The Hall–Kier alpha value is -3.54. The third-order valence-corrected chi connectivity index (χ3v) is 7.04. The second-order valence-electron chi connectivity index (χ2n) is 8.55. The molecule has 36 heavy (non-hydrogen) atoms. The number of esters is 1. The molecule has 0 saturated carbocycles. The van der Waals surface area contributed by atoms with Crippen LogP contribution in [0.3, 0.4) is 0 Å². The summed E-state index contributed by atoms with van der Waals surface area (Å²) in [5.41, 5.74) is 5.19. The van der Waals surface area contributed by atoms with Gasteiger partial charge in [-0.2, -0.15) is 0 Å². The smallest absolute Gasteiger partial charge is 0.336 e. The van der Waals surface area contributed by atoms with Crippen LogP contribution in [0.4, 0.5) is 0 Å². The molecular formula is C29H23Cl2NO4. The maximum absolute atomic E-state index is 13.5. The Balaban J connectivity index is 1.55. The lowest BCUT2D eigenvalue weighted by Gasteiger charge is -2.29. The standard InChI is InChI=1S/C29H23Cl2NO4/c1-3-35-29(34)24-16(2)32-27-19-9-5-6-10-20(19)28(33)26(27)25(24)17-12-13-23(22(31)14-17)36-15-18-8-4-7-11-21(18)30/h4-14,25,32H,3,15H2,1-2H3/t25-/m1/s1. The fourth-order valence-electron chi connectivity index (χ4n) is 4.73. The van der Waals surface area contributed by atoms with Crippen LogP contribution in [-0.2, 0) is 16.1 Å². The van der Waals surface area contributed by atoms with Crippen molar-refractivity contribution in [1.82, 2.24) is 5.32 Å². The highest BCUT2D eigenvalue weighted by atomic mass is 35.5. The summed E-state index contributed by atoms with van der Waals surface area (Å²) in [5, 5.41) is 4.27. The maximum atomic E-state index is 13.5. The number of Topliss-reactive ketones (excluding diaryl/α,β-unsaturated/α-hetero) is 1. The number of carbonyl (C=O) groups is 2. The van der Waals surface area contributed by atoms with Gasteiger partial charge in [-0.15, -0.1) is 0 Å². The molecule has 0 radical (unpaired) electrons. The second kappa shape index (κ2) is 9.84. The van der Waals surface area contributed by atoms with E-state index in [1.54, 1.807) is 31.2 Å². The maximum Gasteiger partial charge on any atom is 0.336 e. The van der Waals surface area contributed by atoms with Crippen LogP contribution in [0, 0.1) is 0 Å². The summed E-state index contributed by atoms with van der Waals surface area (Å²) in [6, 6.07) is 20.2. The van der Waals surface area contributed by atoms with Gasteiger partial charge in [-0.1, -0.05) is 71.7 Å². The highest BCUT2D eigenvalue weighted by Crippen LogP contribution is 2.47. The highest BCUT2D eigenvalue weighted by molar-refractivity contribution is 6.32. The number of benzene rings is 3. The Morgan fingerprint density at radius 1 is 0.972 bits per heavy atom. The molecular weight excluding hydrogens is 497 g/mol. The number of carbonyl (C=O) groups excluding carboxylic acids is 2. The van der Waals surface area contributed by atoms with Gasteiger partial charge < -0.3 is 14.8 Å². The molecule has 0 amide bonds. The first-order valence-electron chi connectivity index (χ1n) is 11.6. The monoisotopic (exact) mass is 519 g/mol. The highest BCUT2D eigenvalue weighted by Gasteiger charge is 2.43. The number of hydrogen-bond donors (Lipinski definition) is 1. The molecule has 5 rings (SSSR count). The van der Waals surface area contributed by atoms with Gasteiger partial charge in [0.25, 0.3) is 0 Å². The molecule has 3 aromatic carbocycles. The number of ketones is 1. The van der Waals surface area contributed by atoms with Crippen LogP contribution in [0.2, 0.25) is 10.0 Å². The average Bonchev–Trinajstić information content (AvgIpc) is 3.15. The molecule has 0 bridgehead atoms. The third kappa shape index (κ3) is 4.19. The van der Waals surface area contributed by atoms with Crippen molar-refractivity contribution in [2.24, 2.45) is 0 Å². The van der Waals surface area contributed by atoms with Gasteiger partial charge in [0.2, 0.25) is 0 Å². The first kappa shape index (κ1) is 24.2. The van der Waals surface area contributed by atoms with Crippen LogP contribution in [0.1, 0.15) is 46.8 Å². The topological polar surface area (TPSA) is 64.6 Å². The molecule has 2 aliphatic rings. The molecule has 7 heteroatoms. The van der Waals surface area contributed by atoms with E-state index in [1.165, 1.54) is 0 Å². The van der Waals surface area contributed by atoms with Gasteiger partial charge in [0.05, 0.1) is 22.9 Å². The SMILES string of the molecule is CCOC(=O)C1=C(C)NC2=C(C(=O)c3ccccc32)[C@@H]1c1ccc(OCc2ccccc2Cl)c(Cl)c1. The van der Waals surface area contributed by atoms with Crippen LogP contribution >= 0.6 is 23.2 Å². The molecule has 0 spiro atoms. The Bertz CT molecular complexity index is 1460. The number of hydrogen-bond acceptors (Lipinski definition) is 5. The van der Waals surface area contributed by atoms with E-state index in [4.69, 9.17) is 32.7 Å². The molecule has 1 heterocycles. The third-order valence-electron chi connectivity index (χ3n) is 6.37. The van der Waals surface area contributed by atoms with E-state index < -0.39 is 11.9 Å². The number of fused-ring (bicyclic) bond motifs is 2. The van der Waals surface area contributed by atoms with Crippen LogP contribution < -0.4 is 10.1 Å². The lowest BCUT2D eigenvalue weighted by atomic mass is 9.80. The number of dihydropyridines is 1. The van der Waals surface area contributed by atoms with Gasteiger partial charge in [0.1, 0.15) is 12.4 Å². The van der Waals surface area contributed by atoms with Crippen LogP contribution in [0.15, 0.2) is 83.6 Å². The van der Waals surface area contributed by atoms with E-state index in [0.717, 1.165) is 11.1 Å². The van der Waals surface area contributed by atoms with Gasteiger partial charge in [0.15, 0.2) is 5.78 Å². The molecule has 5 nitrogen and oxygen atoms in total. The number of rotatable bonds is 6. The van der Waals surface area contributed by atoms with E-state index in [-0.39, 0.29) is 19.0 Å². The zero-order valence-electron chi connectivity index (χ0n) is 19.7. The van der Waals surface area contributed by atoms with Crippen molar-refractivity contribution < 1.29 is 19.1 Å². The molecule has 1 N–H and O–H groups in total. The molecule has 0 aromatic heterocycles. The minimum atomic E-state index is -0.643. The molecule has 3 aromatic rings. The minimum Gasteiger partial charge on any atom is -0.487 e. The van der Waals surface area contributed by atoms with E-state index in [0.29, 0.717) is 49.5 Å². The molecule has 0 saturated heterocycles. The lowest BCUT2D eigenvalue weighted by molar-refractivity contribution is -0.138. The number of allylic oxidation sites excluding steroid dienone is 2. The predicted octanol–water partition coefficient (Wildman–Crippen LogP) is 6.70. The zero-order chi connectivity index (χ0) is 25.4. The predicted molar refractivity (Wildman–Crippen MR) is 140 cm³/mol. The van der Waals surface area contributed by atoms with Gasteiger partial charge in [0, 0.05) is 38.9 Å². The van der Waals surface area contributed by atoms with E-state index in [2.05, 4.69) is 5.32 Å². The number of ether oxygens (including phenoxy) is 2. The molecule has 0 unspecified atom stereocenters. The Morgan fingerprint density at radius 3 is 2.42 bits per heavy atom. The average molecular weight is 520 g/mol. The molecule has 0 fully saturated rings. The summed E-state index contributed by atoms with van der Waals surface area (Å²) < 4.78 is 11.3. The van der Waals surface area contributed by atoms with Gasteiger partial charge >= 0.3 is 5.97 Å². The van der Waals surface area contributed by atoms with E-state index >= 15 is 0 Å². The summed E-state index contributed by atoms with van der Waals surface area (Å²) in [6.45, 7) is 4.04. The fourth-order valence-corrected chi connectivity index (χ4v) is 5.16. The van der Waals surface area contributed by atoms with Crippen molar-refractivity contribution in [3.8, 4) is 5.75 Å². The zero-order valence-corrected chi connectivity index (χ0v) is 21.2. The van der Waals surface area contributed by atoms with E-state index in [9.17, 15) is 9.59 Å². The summed E-state index contributed by atoms with van der Waals surface area (Å²) in [6.07, 6.45) is 0. The molecule has 1 atom stereocenters. The second-order valence-corrected chi connectivity index (χ2v) is 9.36. The summed E-state index contributed by atoms with van der Waals surface area (Å²) in [4.78, 5) is 26.6. The lowest BCUT2D eigenvalue weighted by Crippen LogP contribution is -2.29. The van der Waals surface area contributed by atoms with Crippen molar-refractivity contribution >= 4 is 40.7 Å². The quantitative estimate of drug-likeness (QED) is 0.367. The first-order valence-corrected chi connectivity index (χ1v) is 12.3. The number of nitrogens with one attached hydrogen (secondary N) is 1. The summed E-state index contributed by atoms with van der Waals surface area (Å²) >= 11 is 12.9. The van der Waals surface area contributed by atoms with Crippen molar-refractivity contribution in [3.63, 3.8) is 0 Å². The minimum absolute atomic E-state index is 0.123. The first-order chi connectivity index (χ1) is 17.4. The van der Waals surface area contributed by atoms with Crippen LogP contribution in [-0.4, -0.2) is 18.4 Å². The fraction of sp³-hybridized carbons (Fsp3) is 0.172. The summed E-state index contributed by atoms with van der Waals surface area (Å²) in [7, 11) is 0. The summed E-state index contributed by atoms with van der Waals surface area (Å²) in [5.74, 6) is -0.765. The molecule has 1 aliphatic heterocycles. The molecule has 1 aliphatic carbocycles. The normalized spacial score (nSPS) is 16.4. The van der Waals surface area contributed by atoms with Gasteiger partial charge in [-0.3, -0.25) is 4.79 Å². The number of halogens is 2. The van der Waals surface area contributed by atoms with Gasteiger partial charge in [-0.25, -0.2) is 4.79 Å². The van der Waals surface area contributed by atoms with Crippen molar-refractivity contribution in [3.05, 3.63) is 116 Å². The Morgan fingerprint density at radius 2 is 1.69 bits per heavy atom. The van der Waals surface area contributed by atoms with Crippen LogP contribution in [0.5, 0.6) is 5.75 Å². The Labute approximate surface area is 219 Å². The van der Waals surface area contributed by atoms with Crippen molar-refractivity contribution in [2.45, 2.75) is 26.4 Å². The largest absolute Gasteiger partial charge is 0.487 e. The van der Waals surface area contributed by atoms with Crippen molar-refractivity contribution in [1.29, 1.82) is 0 Å². The van der Waals surface area contributed by atoms with E-state index in [1.807, 2.05) is 49.4 Å². The molecule has 182 valence electrons. The van der Waals surface area contributed by atoms with Crippen LogP contribution in [0.25, 0.3) is 5.70 Å². The van der Waals surface area contributed by atoms with Crippen molar-refractivity contribution in [2.75, 3.05) is 6.61 Å². The Kier molecular flexibility index (Phi) is 6.61.